The van der Waals surface area contributed by atoms with Gasteiger partial charge in [0.05, 0.1) is 12.7 Å². The first kappa shape index (κ1) is 15.4. The number of benzene rings is 1. The molecule has 1 aliphatic rings. The maximum absolute atomic E-state index is 11.8. The predicted octanol–water partition coefficient (Wildman–Crippen LogP) is -2.48. The van der Waals surface area contributed by atoms with Gasteiger partial charge in [0, 0.05) is 18.5 Å². The first-order valence-electron chi connectivity index (χ1n) is 6.16. The molecule has 5 heteroatoms. The minimum absolute atomic E-state index is 0. The third kappa shape index (κ3) is 4.85. The highest BCUT2D eigenvalue weighted by Gasteiger charge is 2.07. The van der Waals surface area contributed by atoms with E-state index in [9.17, 15) is 4.79 Å². The number of hydrogen-bond donors (Lipinski definition) is 2. The van der Waals surface area contributed by atoms with Gasteiger partial charge in [-0.1, -0.05) is 17.7 Å². The number of carbonyl (C=O) groups excluding carboxylic acids is 1. The summed E-state index contributed by atoms with van der Waals surface area (Å²) >= 11 is 0. The Hall–Kier alpha value is -1.65. The number of hydrogen-bond acceptors (Lipinski definition) is 2. The number of amides is 1. The molecule has 0 saturated heterocycles. The van der Waals surface area contributed by atoms with Crippen LogP contribution in [0.25, 0.3) is 0 Å². The van der Waals surface area contributed by atoms with Crippen LogP contribution in [0.4, 0.5) is 0 Å². The van der Waals surface area contributed by atoms with Gasteiger partial charge in [-0.25, -0.2) is 4.99 Å². The molecule has 0 spiro atoms. The van der Waals surface area contributed by atoms with Gasteiger partial charge in [0.2, 0.25) is 0 Å². The van der Waals surface area contributed by atoms with Crippen molar-refractivity contribution in [2.45, 2.75) is 13.3 Å². The first-order chi connectivity index (χ1) is 8.75. The lowest BCUT2D eigenvalue weighted by Gasteiger charge is -2.07. The number of carbonyl (C=O) groups is 1. The zero-order valence-electron chi connectivity index (χ0n) is 10.9. The van der Waals surface area contributed by atoms with Gasteiger partial charge in [0.1, 0.15) is 6.20 Å². The van der Waals surface area contributed by atoms with Gasteiger partial charge in [-0.2, -0.15) is 0 Å². The summed E-state index contributed by atoms with van der Waals surface area (Å²) in [5, 5.41) is 2.92. The molecule has 1 unspecified atom stereocenters. The Kier molecular flexibility index (Phi) is 6.25. The zero-order valence-corrected chi connectivity index (χ0v) is 11.7. The lowest BCUT2D eigenvalue weighted by molar-refractivity contribution is -0.736. The summed E-state index contributed by atoms with van der Waals surface area (Å²) in [6.07, 6.45) is 6.59. The number of nitrogens with one attached hydrogen (secondary N) is 2. The van der Waals surface area contributed by atoms with Crippen LogP contribution in [0.3, 0.4) is 0 Å². The number of quaternary nitrogens is 1. The van der Waals surface area contributed by atoms with E-state index in [-0.39, 0.29) is 18.3 Å². The maximum atomic E-state index is 11.8. The van der Waals surface area contributed by atoms with Crippen LogP contribution >= 0.6 is 0 Å². The monoisotopic (exact) mass is 279 g/mol. The number of halogens is 1. The molecule has 0 bridgehead atoms. The molecule has 1 aromatic carbocycles. The van der Waals surface area contributed by atoms with E-state index in [4.69, 9.17) is 0 Å². The largest absolute Gasteiger partial charge is 1.00 e. The van der Waals surface area contributed by atoms with E-state index in [1.54, 1.807) is 6.20 Å². The standard InChI is InChI=1S/C14H17N3O.ClH/c1-12-3-5-13(6-4-12)14(18)16-7-2-9-17-10-8-15-11-17;/h3-6,8,10-11H,2,7,9H2,1H3,(H,16,18);1H. The van der Waals surface area contributed by atoms with Crippen LogP contribution in [0.1, 0.15) is 22.3 Å². The molecule has 19 heavy (non-hydrogen) atoms. The Morgan fingerprint density at radius 2 is 2.05 bits per heavy atom. The van der Waals surface area contributed by atoms with Crippen molar-refractivity contribution in [3.63, 3.8) is 0 Å². The highest BCUT2D eigenvalue weighted by Crippen LogP contribution is 2.02. The van der Waals surface area contributed by atoms with Crippen LogP contribution in [0, 0.1) is 6.92 Å². The quantitative estimate of drug-likeness (QED) is 0.576. The van der Waals surface area contributed by atoms with Crippen molar-refractivity contribution < 1.29 is 22.1 Å². The van der Waals surface area contributed by atoms with Gasteiger partial charge in [0.15, 0.2) is 6.34 Å². The topological polar surface area (TPSA) is 45.9 Å². The molecule has 1 atom stereocenters. The van der Waals surface area contributed by atoms with E-state index in [0.29, 0.717) is 6.54 Å². The molecule has 1 aromatic rings. The molecular formula is C14H18ClN3O. The van der Waals surface area contributed by atoms with E-state index in [2.05, 4.69) is 10.3 Å². The van der Waals surface area contributed by atoms with Crippen LogP contribution in [0.15, 0.2) is 41.7 Å². The van der Waals surface area contributed by atoms with Crippen LogP contribution in [-0.4, -0.2) is 25.3 Å². The van der Waals surface area contributed by atoms with Crippen LogP contribution in [0.5, 0.6) is 0 Å². The van der Waals surface area contributed by atoms with Gasteiger partial charge in [-0.3, -0.25) is 9.69 Å². The minimum atomic E-state index is -0.00405. The molecule has 1 amide bonds. The Balaban J connectivity index is 0.00000180. The van der Waals surface area contributed by atoms with E-state index < -0.39 is 0 Å². The summed E-state index contributed by atoms with van der Waals surface area (Å²) < 4.78 is 0. The fraction of sp³-hybridized carbons (Fsp3) is 0.286. The number of aryl methyl sites for hydroxylation is 1. The lowest BCUT2D eigenvalue weighted by Crippen LogP contribution is -3.05. The van der Waals surface area contributed by atoms with Crippen molar-refractivity contribution in [3.8, 4) is 0 Å². The molecule has 0 saturated carbocycles. The van der Waals surface area contributed by atoms with Crippen LogP contribution < -0.4 is 22.6 Å². The normalized spacial score (nSPS) is 16.2. The van der Waals surface area contributed by atoms with Crippen molar-refractivity contribution in [2.24, 2.45) is 4.99 Å². The van der Waals surface area contributed by atoms with Crippen molar-refractivity contribution >= 4 is 12.2 Å². The number of rotatable bonds is 5. The minimum Gasteiger partial charge on any atom is -1.00 e. The van der Waals surface area contributed by atoms with Crippen molar-refractivity contribution in [1.29, 1.82) is 0 Å². The van der Waals surface area contributed by atoms with E-state index in [1.807, 2.05) is 43.7 Å². The maximum Gasteiger partial charge on any atom is 0.251 e. The van der Waals surface area contributed by atoms with Crippen LogP contribution in [-0.2, 0) is 0 Å². The average molecular weight is 280 g/mol. The molecule has 4 nitrogen and oxygen atoms in total. The Labute approximate surface area is 119 Å². The second kappa shape index (κ2) is 7.71. The smallest absolute Gasteiger partial charge is 0.251 e. The third-order valence-corrected chi connectivity index (χ3v) is 2.86. The van der Waals surface area contributed by atoms with E-state index >= 15 is 0 Å². The molecular weight excluding hydrogens is 262 g/mol. The second-order valence-electron chi connectivity index (χ2n) is 4.39. The first-order valence-corrected chi connectivity index (χ1v) is 6.16. The summed E-state index contributed by atoms with van der Waals surface area (Å²) in [5.41, 5.74) is 1.88. The van der Waals surface area contributed by atoms with Gasteiger partial charge in [-0.15, -0.1) is 0 Å². The summed E-state index contributed by atoms with van der Waals surface area (Å²) in [4.78, 5) is 17.0. The number of nitrogens with zero attached hydrogens (tertiary/aromatic N) is 1. The van der Waals surface area contributed by atoms with Crippen molar-refractivity contribution in [1.82, 2.24) is 5.32 Å². The number of aliphatic imine (C=N–C) groups is 1. The molecule has 1 aliphatic heterocycles. The van der Waals surface area contributed by atoms with Crippen molar-refractivity contribution in [3.05, 3.63) is 47.8 Å². The summed E-state index contributed by atoms with van der Waals surface area (Å²) in [7, 11) is 0. The summed E-state index contributed by atoms with van der Waals surface area (Å²) in [5.74, 6) is -0.00405. The second-order valence-corrected chi connectivity index (χ2v) is 4.39. The third-order valence-electron chi connectivity index (χ3n) is 2.86. The molecule has 0 aromatic heterocycles. The molecule has 0 aliphatic carbocycles. The molecule has 1 heterocycles. The molecule has 0 fully saturated rings. The molecule has 102 valence electrons. The molecule has 2 rings (SSSR count). The average Bonchev–Trinajstić information content (AvgIpc) is 2.88. The fourth-order valence-corrected chi connectivity index (χ4v) is 1.77. The van der Waals surface area contributed by atoms with E-state index in [0.717, 1.165) is 24.1 Å². The van der Waals surface area contributed by atoms with Gasteiger partial charge in [0.25, 0.3) is 5.91 Å². The lowest BCUT2D eigenvalue weighted by atomic mass is 10.1. The Bertz CT molecular complexity index is 456. The van der Waals surface area contributed by atoms with Gasteiger partial charge < -0.3 is 17.7 Å². The SMILES string of the molecule is Cc1ccc(C(=O)NCCC[NH+]2C=CN=C2)cc1.[Cl-]. The summed E-state index contributed by atoms with van der Waals surface area (Å²) in [6.45, 7) is 3.65. The molecule has 2 N–H and O–H groups in total. The summed E-state index contributed by atoms with van der Waals surface area (Å²) in [6, 6.07) is 7.60. The van der Waals surface area contributed by atoms with Gasteiger partial charge >= 0.3 is 0 Å². The predicted molar refractivity (Wildman–Crippen MR) is 71.6 cm³/mol. The highest BCUT2D eigenvalue weighted by molar-refractivity contribution is 5.94. The van der Waals surface area contributed by atoms with Crippen LogP contribution in [0.2, 0.25) is 0 Å². The Morgan fingerprint density at radius 1 is 1.32 bits per heavy atom. The molecule has 0 radical (unpaired) electrons. The highest BCUT2D eigenvalue weighted by atomic mass is 35.5. The van der Waals surface area contributed by atoms with Gasteiger partial charge in [-0.05, 0) is 19.1 Å². The van der Waals surface area contributed by atoms with Crippen molar-refractivity contribution in [2.75, 3.05) is 13.1 Å². The zero-order chi connectivity index (χ0) is 12.8. The fourth-order valence-electron chi connectivity index (χ4n) is 1.77. The van der Waals surface area contributed by atoms with E-state index in [1.165, 1.54) is 4.90 Å². The Morgan fingerprint density at radius 3 is 2.68 bits per heavy atom.